The van der Waals surface area contributed by atoms with E-state index in [9.17, 15) is 10.1 Å². The van der Waals surface area contributed by atoms with Crippen molar-refractivity contribution in [1.29, 1.82) is 0 Å². The maximum Gasteiger partial charge on any atom is 0.264 e. The van der Waals surface area contributed by atoms with Gasteiger partial charge in [0.1, 0.15) is 5.03 Å². The zero-order valence-electron chi connectivity index (χ0n) is 10.6. The average molecular weight is 281 g/mol. The van der Waals surface area contributed by atoms with Crippen molar-refractivity contribution in [3.05, 3.63) is 45.2 Å². The highest BCUT2D eigenvalue weighted by atomic mass is 32.2. The summed E-state index contributed by atoms with van der Waals surface area (Å²) >= 11 is 1.53. The van der Waals surface area contributed by atoms with Gasteiger partial charge in [-0.25, -0.2) is 4.98 Å². The van der Waals surface area contributed by atoms with Gasteiger partial charge < -0.3 is 9.64 Å². The largest absolute Gasteiger partial charge is 0.481 e. The van der Waals surface area contributed by atoms with E-state index in [0.717, 1.165) is 30.5 Å². The molecule has 1 aliphatic heterocycles. The summed E-state index contributed by atoms with van der Waals surface area (Å²) in [6.45, 7) is 1.46. The molecule has 7 heteroatoms. The van der Waals surface area contributed by atoms with Crippen LogP contribution in [0.4, 0.5) is 0 Å². The summed E-state index contributed by atoms with van der Waals surface area (Å²) in [5.74, 6) is 1.50. The Morgan fingerprint density at radius 1 is 1.63 bits per heavy atom. The summed E-state index contributed by atoms with van der Waals surface area (Å²) in [7, 11) is 1.57. The van der Waals surface area contributed by atoms with Crippen LogP contribution < -0.4 is 4.74 Å². The van der Waals surface area contributed by atoms with Crippen LogP contribution in [0.25, 0.3) is 0 Å². The van der Waals surface area contributed by atoms with E-state index in [1.807, 2.05) is 11.0 Å². The molecule has 2 rings (SSSR count). The van der Waals surface area contributed by atoms with Gasteiger partial charge in [0, 0.05) is 31.1 Å². The molecular formula is C12H15N3O3S. The first-order valence-electron chi connectivity index (χ1n) is 5.91. The smallest absolute Gasteiger partial charge is 0.264 e. The number of nitro groups is 1. The number of rotatable bonds is 4. The van der Waals surface area contributed by atoms with E-state index >= 15 is 0 Å². The minimum Gasteiger partial charge on any atom is -0.481 e. The molecule has 19 heavy (non-hydrogen) atoms. The highest BCUT2D eigenvalue weighted by Crippen LogP contribution is 2.28. The molecule has 0 saturated carbocycles. The van der Waals surface area contributed by atoms with Gasteiger partial charge >= 0.3 is 0 Å². The minimum absolute atomic E-state index is 0.396. The van der Waals surface area contributed by atoms with Gasteiger partial charge in [-0.05, 0) is 12.0 Å². The summed E-state index contributed by atoms with van der Waals surface area (Å²) < 4.78 is 5.00. The van der Waals surface area contributed by atoms with Crippen LogP contribution in [0.3, 0.4) is 0 Å². The third-order valence-electron chi connectivity index (χ3n) is 2.73. The summed E-state index contributed by atoms with van der Waals surface area (Å²) in [6.07, 6.45) is 3.85. The van der Waals surface area contributed by atoms with E-state index in [1.165, 1.54) is 11.8 Å². The fourth-order valence-corrected chi connectivity index (χ4v) is 2.83. The summed E-state index contributed by atoms with van der Waals surface area (Å²) in [5, 5.41) is 11.3. The maximum atomic E-state index is 10.6. The third kappa shape index (κ3) is 3.85. The van der Waals surface area contributed by atoms with Crippen molar-refractivity contribution < 1.29 is 9.66 Å². The number of hydrogen-bond acceptors (Lipinski definition) is 6. The van der Waals surface area contributed by atoms with Crippen LogP contribution in [-0.2, 0) is 6.54 Å². The van der Waals surface area contributed by atoms with Gasteiger partial charge in [0.15, 0.2) is 0 Å². The van der Waals surface area contributed by atoms with Crippen molar-refractivity contribution in [2.45, 2.75) is 13.0 Å². The fraction of sp³-hybridized carbons (Fsp3) is 0.417. The second-order valence-electron chi connectivity index (χ2n) is 4.09. The Morgan fingerprint density at radius 2 is 2.47 bits per heavy atom. The van der Waals surface area contributed by atoms with Gasteiger partial charge in [-0.15, -0.1) is 11.8 Å². The second kappa shape index (κ2) is 6.42. The zero-order chi connectivity index (χ0) is 13.7. The van der Waals surface area contributed by atoms with E-state index in [1.54, 1.807) is 19.4 Å². The first-order chi connectivity index (χ1) is 9.19. The molecule has 1 aliphatic rings. The molecular weight excluding hydrogens is 266 g/mol. The Labute approximate surface area is 115 Å². The number of aromatic nitrogens is 1. The molecule has 102 valence electrons. The van der Waals surface area contributed by atoms with Crippen LogP contribution in [0, 0.1) is 10.1 Å². The van der Waals surface area contributed by atoms with Gasteiger partial charge in [-0.3, -0.25) is 10.1 Å². The lowest BCUT2D eigenvalue weighted by Gasteiger charge is -2.29. The molecule has 1 saturated heterocycles. The van der Waals surface area contributed by atoms with Crippen molar-refractivity contribution in [2.24, 2.45) is 0 Å². The molecule has 2 heterocycles. The molecule has 0 aromatic carbocycles. The van der Waals surface area contributed by atoms with Gasteiger partial charge in [0.2, 0.25) is 5.88 Å². The van der Waals surface area contributed by atoms with Crippen molar-refractivity contribution in [2.75, 3.05) is 19.4 Å². The molecule has 1 aromatic heterocycles. The molecule has 0 aliphatic carbocycles. The standard InChI is InChI=1S/C12H15N3O3S/c1-18-11-4-3-10(7-13-11)8-14-5-2-6-19-12(14)9-15(16)17/h3-4,7,9H,2,5-6,8H2,1H3. The van der Waals surface area contributed by atoms with E-state index < -0.39 is 4.92 Å². The Morgan fingerprint density at radius 3 is 3.11 bits per heavy atom. The van der Waals surface area contributed by atoms with Crippen LogP contribution in [0.5, 0.6) is 5.88 Å². The van der Waals surface area contributed by atoms with Crippen molar-refractivity contribution in [1.82, 2.24) is 9.88 Å². The fourth-order valence-electron chi connectivity index (χ4n) is 1.85. The van der Waals surface area contributed by atoms with E-state index in [-0.39, 0.29) is 0 Å². The van der Waals surface area contributed by atoms with Gasteiger partial charge in [-0.2, -0.15) is 0 Å². The van der Waals surface area contributed by atoms with E-state index in [0.29, 0.717) is 17.5 Å². The summed E-state index contributed by atoms with van der Waals surface area (Å²) in [5.41, 5.74) is 1.01. The van der Waals surface area contributed by atoms with Crippen molar-refractivity contribution in [3.63, 3.8) is 0 Å². The maximum absolute atomic E-state index is 10.6. The average Bonchev–Trinajstić information content (AvgIpc) is 2.41. The number of hydrogen-bond donors (Lipinski definition) is 0. The Kier molecular flexibility index (Phi) is 4.62. The lowest BCUT2D eigenvalue weighted by molar-refractivity contribution is -0.403. The molecule has 0 atom stereocenters. The first-order valence-corrected chi connectivity index (χ1v) is 6.89. The van der Waals surface area contributed by atoms with Gasteiger partial charge in [-0.1, -0.05) is 6.07 Å². The molecule has 0 radical (unpaired) electrons. The zero-order valence-corrected chi connectivity index (χ0v) is 11.4. The summed E-state index contributed by atoms with van der Waals surface area (Å²) in [4.78, 5) is 16.4. The SMILES string of the molecule is COc1ccc(CN2CCCSC2=C[N+](=O)[O-])cn1. The Bertz CT molecular complexity index is 476. The summed E-state index contributed by atoms with van der Waals surface area (Å²) in [6, 6.07) is 3.72. The first kappa shape index (κ1) is 13.7. The number of ether oxygens (including phenoxy) is 1. The van der Waals surface area contributed by atoms with Crippen molar-refractivity contribution in [3.8, 4) is 5.88 Å². The van der Waals surface area contributed by atoms with E-state index in [4.69, 9.17) is 4.74 Å². The number of pyridine rings is 1. The van der Waals surface area contributed by atoms with Crippen LogP contribution in [-0.4, -0.2) is 34.2 Å². The molecule has 0 unspecified atom stereocenters. The monoisotopic (exact) mass is 281 g/mol. The van der Waals surface area contributed by atoms with Crippen LogP contribution >= 0.6 is 11.8 Å². The Hall–Kier alpha value is -1.76. The number of nitrogens with zero attached hydrogens (tertiary/aromatic N) is 3. The quantitative estimate of drug-likeness (QED) is 0.622. The molecule has 0 bridgehead atoms. The predicted octanol–water partition coefficient (Wildman–Crippen LogP) is 2.10. The molecule has 0 spiro atoms. The van der Waals surface area contributed by atoms with Crippen molar-refractivity contribution >= 4 is 11.8 Å². The molecule has 1 fully saturated rings. The van der Waals surface area contributed by atoms with Crippen LogP contribution in [0.1, 0.15) is 12.0 Å². The van der Waals surface area contributed by atoms with E-state index in [2.05, 4.69) is 4.98 Å². The minimum atomic E-state index is -0.396. The molecule has 0 amide bonds. The van der Waals surface area contributed by atoms with Gasteiger partial charge in [0.05, 0.1) is 12.0 Å². The van der Waals surface area contributed by atoms with Gasteiger partial charge in [0.25, 0.3) is 6.20 Å². The lowest BCUT2D eigenvalue weighted by Crippen LogP contribution is -2.27. The second-order valence-corrected chi connectivity index (χ2v) is 5.20. The number of thioether (sulfide) groups is 1. The highest BCUT2D eigenvalue weighted by Gasteiger charge is 2.19. The Balaban J connectivity index is 2.08. The molecule has 0 N–H and O–H groups in total. The molecule has 6 nitrogen and oxygen atoms in total. The van der Waals surface area contributed by atoms with Crippen LogP contribution in [0.2, 0.25) is 0 Å². The molecule has 1 aromatic rings. The van der Waals surface area contributed by atoms with Crippen LogP contribution in [0.15, 0.2) is 29.6 Å². The third-order valence-corrected chi connectivity index (χ3v) is 3.88. The highest BCUT2D eigenvalue weighted by molar-refractivity contribution is 8.03. The lowest BCUT2D eigenvalue weighted by atomic mass is 10.2. The number of methoxy groups -OCH3 is 1. The normalized spacial score (nSPS) is 17.5. The predicted molar refractivity (Wildman–Crippen MR) is 73.4 cm³/mol. The topological polar surface area (TPSA) is 68.5 Å².